The molecule has 0 aromatic carbocycles. The Hall–Kier alpha value is 0.430. The maximum Gasteiger partial charge on any atom is 0.0701 e. The third-order valence-corrected chi connectivity index (χ3v) is 4.42. The van der Waals surface area contributed by atoms with Gasteiger partial charge in [0, 0.05) is 23.3 Å². The molecule has 14 heavy (non-hydrogen) atoms. The maximum atomic E-state index is 6.14. The van der Waals surface area contributed by atoms with Gasteiger partial charge in [0.25, 0.3) is 0 Å². The molecule has 78 valence electrons. The van der Waals surface area contributed by atoms with Crippen molar-refractivity contribution in [1.29, 1.82) is 0 Å². The lowest BCUT2D eigenvalue weighted by Gasteiger charge is -2.29. The van der Waals surface area contributed by atoms with E-state index in [2.05, 4.69) is 33.0 Å². The monoisotopic (exact) mass is 293 g/mol. The van der Waals surface area contributed by atoms with Crippen molar-refractivity contribution in [3.05, 3.63) is 20.8 Å². The lowest BCUT2D eigenvalue weighted by molar-refractivity contribution is 0.226. The molecule has 1 aromatic heterocycles. The molecule has 1 aliphatic rings. The van der Waals surface area contributed by atoms with Gasteiger partial charge in [0.2, 0.25) is 0 Å². The Morgan fingerprint density at radius 1 is 1.57 bits per heavy atom. The Kier molecular flexibility index (Phi) is 3.88. The fourth-order valence-electron chi connectivity index (χ4n) is 1.80. The second-order valence-electron chi connectivity index (χ2n) is 3.68. The van der Waals surface area contributed by atoms with Gasteiger partial charge in [-0.25, -0.2) is 0 Å². The minimum atomic E-state index is 0.354. The van der Waals surface area contributed by atoms with Crippen molar-refractivity contribution in [3.8, 4) is 0 Å². The molecule has 0 aliphatic carbocycles. The summed E-state index contributed by atoms with van der Waals surface area (Å²) in [5.74, 6) is 0. The van der Waals surface area contributed by atoms with E-state index >= 15 is 0 Å². The summed E-state index contributed by atoms with van der Waals surface area (Å²) in [6.07, 6.45) is 2.41. The number of piperidine rings is 1. The molecule has 0 bridgehead atoms. The quantitative estimate of drug-likeness (QED) is 0.752. The molecule has 1 saturated heterocycles. The summed E-state index contributed by atoms with van der Waals surface area (Å²) in [6, 6.07) is 4.30. The molecule has 2 heterocycles. The van der Waals surface area contributed by atoms with Gasteiger partial charge in [-0.15, -0.1) is 22.9 Å². The molecular weight excluding hydrogens is 282 g/mol. The molecule has 0 saturated carbocycles. The van der Waals surface area contributed by atoms with Gasteiger partial charge < -0.3 is 0 Å². The van der Waals surface area contributed by atoms with Crippen LogP contribution in [0.4, 0.5) is 0 Å². The van der Waals surface area contributed by atoms with Crippen molar-refractivity contribution in [1.82, 2.24) is 4.90 Å². The smallest absolute Gasteiger partial charge is 0.0701 e. The summed E-state index contributed by atoms with van der Waals surface area (Å²) in [5.41, 5.74) is 0. The molecule has 2 rings (SSSR count). The van der Waals surface area contributed by atoms with Crippen molar-refractivity contribution >= 4 is 38.9 Å². The molecule has 0 spiro atoms. The molecule has 1 unspecified atom stereocenters. The van der Waals surface area contributed by atoms with Crippen LogP contribution in [0.15, 0.2) is 15.9 Å². The van der Waals surface area contributed by atoms with Gasteiger partial charge in [-0.1, -0.05) is 0 Å². The highest BCUT2D eigenvalue weighted by Crippen LogP contribution is 2.25. The second-order valence-corrected chi connectivity index (χ2v) is 6.85. The summed E-state index contributed by atoms with van der Waals surface area (Å²) in [5, 5.41) is 0.354. The number of nitrogens with zero attached hydrogens (tertiary/aromatic N) is 1. The van der Waals surface area contributed by atoms with E-state index < -0.39 is 0 Å². The van der Waals surface area contributed by atoms with Gasteiger partial charge in [-0.05, 0) is 47.4 Å². The van der Waals surface area contributed by atoms with Gasteiger partial charge >= 0.3 is 0 Å². The van der Waals surface area contributed by atoms with E-state index in [0.717, 1.165) is 13.1 Å². The van der Waals surface area contributed by atoms with E-state index in [0.29, 0.717) is 5.38 Å². The molecule has 4 heteroatoms. The summed E-state index contributed by atoms with van der Waals surface area (Å²) in [4.78, 5) is 3.86. The molecule has 1 aliphatic heterocycles. The number of hydrogen-bond acceptors (Lipinski definition) is 2. The third kappa shape index (κ3) is 2.96. The Labute approximate surface area is 102 Å². The third-order valence-electron chi connectivity index (χ3n) is 2.46. The van der Waals surface area contributed by atoms with Crippen LogP contribution in [-0.4, -0.2) is 23.4 Å². The van der Waals surface area contributed by atoms with Crippen LogP contribution in [0.5, 0.6) is 0 Å². The molecular formula is C10H13BrClNS. The minimum absolute atomic E-state index is 0.354. The maximum absolute atomic E-state index is 6.14. The SMILES string of the molecule is ClC1CCCN(Cc2ccc(Br)s2)C1. The van der Waals surface area contributed by atoms with E-state index in [9.17, 15) is 0 Å². The predicted octanol–water partition coefficient (Wildman–Crippen LogP) is 3.71. The summed E-state index contributed by atoms with van der Waals surface area (Å²) in [7, 11) is 0. The van der Waals surface area contributed by atoms with Crippen LogP contribution >= 0.6 is 38.9 Å². The van der Waals surface area contributed by atoms with Crippen molar-refractivity contribution < 1.29 is 0 Å². The fraction of sp³-hybridized carbons (Fsp3) is 0.600. The highest BCUT2D eigenvalue weighted by atomic mass is 79.9. The summed E-state index contributed by atoms with van der Waals surface area (Å²) < 4.78 is 1.21. The van der Waals surface area contributed by atoms with Crippen LogP contribution in [-0.2, 0) is 6.54 Å². The van der Waals surface area contributed by atoms with Crippen LogP contribution in [0.3, 0.4) is 0 Å². The molecule has 0 amide bonds. The van der Waals surface area contributed by atoms with E-state index in [1.807, 2.05) is 11.3 Å². The predicted molar refractivity (Wildman–Crippen MR) is 66.2 cm³/mol. The average Bonchev–Trinajstić information content (AvgIpc) is 2.51. The number of alkyl halides is 1. The molecule has 0 N–H and O–H groups in total. The van der Waals surface area contributed by atoms with Crippen molar-refractivity contribution in [3.63, 3.8) is 0 Å². The Morgan fingerprint density at radius 3 is 3.07 bits per heavy atom. The molecule has 1 nitrogen and oxygen atoms in total. The first kappa shape index (κ1) is 10.9. The van der Waals surface area contributed by atoms with Crippen LogP contribution in [0, 0.1) is 0 Å². The highest BCUT2D eigenvalue weighted by molar-refractivity contribution is 9.11. The molecule has 1 atom stereocenters. The number of halogens is 2. The standard InChI is InChI=1S/C10H13BrClNS/c11-10-4-3-9(14-10)7-13-5-1-2-8(12)6-13/h3-4,8H,1-2,5-7H2. The second kappa shape index (κ2) is 4.97. The summed E-state index contributed by atoms with van der Waals surface area (Å²) >= 11 is 11.4. The van der Waals surface area contributed by atoms with Gasteiger partial charge in [0.05, 0.1) is 3.79 Å². The van der Waals surface area contributed by atoms with Crippen molar-refractivity contribution in [2.75, 3.05) is 13.1 Å². The van der Waals surface area contributed by atoms with Gasteiger partial charge in [0.15, 0.2) is 0 Å². The number of hydrogen-bond donors (Lipinski definition) is 0. The first-order valence-corrected chi connectivity index (χ1v) is 6.89. The average molecular weight is 295 g/mol. The van der Waals surface area contributed by atoms with E-state index in [-0.39, 0.29) is 0 Å². The summed E-state index contributed by atoms with van der Waals surface area (Å²) in [6.45, 7) is 3.29. The normalized spacial score (nSPS) is 24.0. The fourth-order valence-corrected chi connectivity index (χ4v) is 3.67. The van der Waals surface area contributed by atoms with Gasteiger partial charge in [-0.3, -0.25) is 4.90 Å². The van der Waals surface area contributed by atoms with Crippen LogP contribution < -0.4 is 0 Å². The molecule has 0 radical (unpaired) electrons. The number of thiophene rings is 1. The largest absolute Gasteiger partial charge is 0.297 e. The van der Waals surface area contributed by atoms with E-state index in [4.69, 9.17) is 11.6 Å². The van der Waals surface area contributed by atoms with Crippen LogP contribution in [0.2, 0.25) is 0 Å². The van der Waals surface area contributed by atoms with E-state index in [1.54, 1.807) is 0 Å². The lowest BCUT2D eigenvalue weighted by Crippen LogP contribution is -2.35. The van der Waals surface area contributed by atoms with Gasteiger partial charge in [0.1, 0.15) is 0 Å². The van der Waals surface area contributed by atoms with Crippen molar-refractivity contribution in [2.45, 2.75) is 24.8 Å². The zero-order chi connectivity index (χ0) is 9.97. The van der Waals surface area contributed by atoms with Crippen molar-refractivity contribution in [2.24, 2.45) is 0 Å². The minimum Gasteiger partial charge on any atom is -0.297 e. The Morgan fingerprint density at radius 2 is 2.43 bits per heavy atom. The first-order chi connectivity index (χ1) is 6.74. The Balaban J connectivity index is 1.90. The zero-order valence-corrected chi connectivity index (χ0v) is 11.0. The number of rotatable bonds is 2. The zero-order valence-electron chi connectivity index (χ0n) is 7.88. The van der Waals surface area contributed by atoms with Crippen LogP contribution in [0.1, 0.15) is 17.7 Å². The lowest BCUT2D eigenvalue weighted by atomic mass is 10.1. The number of likely N-dealkylation sites (tertiary alicyclic amines) is 1. The molecule has 1 aromatic rings. The molecule has 1 fully saturated rings. The van der Waals surface area contributed by atoms with E-state index in [1.165, 1.54) is 28.0 Å². The topological polar surface area (TPSA) is 3.24 Å². The first-order valence-electron chi connectivity index (χ1n) is 4.84. The van der Waals surface area contributed by atoms with Gasteiger partial charge in [-0.2, -0.15) is 0 Å². The highest BCUT2D eigenvalue weighted by Gasteiger charge is 2.17. The van der Waals surface area contributed by atoms with Crippen LogP contribution in [0.25, 0.3) is 0 Å². The Bertz CT molecular complexity index is 302.